The fourth-order valence-corrected chi connectivity index (χ4v) is 1.30. The summed E-state index contributed by atoms with van der Waals surface area (Å²) >= 11 is 0. The van der Waals surface area contributed by atoms with Crippen LogP contribution in [-0.2, 0) is 16.0 Å². The van der Waals surface area contributed by atoms with E-state index in [-0.39, 0.29) is 18.5 Å². The minimum Gasteiger partial charge on any atom is -0.481 e. The predicted octanol–water partition coefficient (Wildman–Crippen LogP) is 1.24. The number of benzene rings is 1. The second kappa shape index (κ2) is 6.04. The van der Waals surface area contributed by atoms with E-state index in [1.54, 1.807) is 0 Å². The average Bonchev–Trinajstić information content (AvgIpc) is 2.28. The molecular formula is C11H10F3NO3. The van der Waals surface area contributed by atoms with Crippen molar-refractivity contribution in [3.05, 3.63) is 35.1 Å². The van der Waals surface area contributed by atoms with Crippen LogP contribution in [0.15, 0.2) is 12.1 Å². The highest BCUT2D eigenvalue weighted by atomic mass is 19.2. The first kappa shape index (κ1) is 14.0. The van der Waals surface area contributed by atoms with Crippen LogP contribution in [0.2, 0.25) is 0 Å². The van der Waals surface area contributed by atoms with E-state index < -0.39 is 35.7 Å². The number of carboxylic acid groups (broad SMARTS) is 1. The number of hydrogen-bond donors (Lipinski definition) is 2. The van der Waals surface area contributed by atoms with E-state index in [0.29, 0.717) is 0 Å². The van der Waals surface area contributed by atoms with Crippen molar-refractivity contribution in [2.75, 3.05) is 6.54 Å². The maximum atomic E-state index is 13.2. The van der Waals surface area contributed by atoms with Gasteiger partial charge in [0.25, 0.3) is 0 Å². The minimum absolute atomic E-state index is 0.0611. The molecular weight excluding hydrogens is 251 g/mol. The predicted molar refractivity (Wildman–Crippen MR) is 55.3 cm³/mol. The van der Waals surface area contributed by atoms with Crippen LogP contribution in [0.5, 0.6) is 0 Å². The average molecular weight is 261 g/mol. The standard InChI is InChI=1S/C11H10F3NO3/c12-7-2-1-6(10(13)11(7)14)3-4-15-8(16)5-9(17)18/h1-2H,3-5H2,(H,15,16)(H,17,18). The summed E-state index contributed by atoms with van der Waals surface area (Å²) in [7, 11) is 0. The van der Waals surface area contributed by atoms with Crippen LogP contribution in [0, 0.1) is 17.5 Å². The molecule has 0 fully saturated rings. The van der Waals surface area contributed by atoms with Crippen LogP contribution in [0.3, 0.4) is 0 Å². The Morgan fingerprint density at radius 3 is 2.44 bits per heavy atom. The summed E-state index contributed by atoms with van der Waals surface area (Å²) in [5, 5.41) is 10.5. The molecule has 0 aliphatic carbocycles. The molecule has 0 saturated carbocycles. The van der Waals surface area contributed by atoms with Crippen molar-refractivity contribution in [2.24, 2.45) is 0 Å². The van der Waals surface area contributed by atoms with Crippen molar-refractivity contribution in [2.45, 2.75) is 12.8 Å². The molecule has 1 aromatic rings. The van der Waals surface area contributed by atoms with Gasteiger partial charge in [-0.2, -0.15) is 0 Å². The lowest BCUT2D eigenvalue weighted by Gasteiger charge is -2.06. The molecule has 98 valence electrons. The van der Waals surface area contributed by atoms with Crippen molar-refractivity contribution in [1.82, 2.24) is 5.32 Å². The van der Waals surface area contributed by atoms with Gasteiger partial charge in [0.1, 0.15) is 6.42 Å². The third-order valence-corrected chi connectivity index (χ3v) is 2.14. The van der Waals surface area contributed by atoms with Gasteiger partial charge in [-0.3, -0.25) is 9.59 Å². The lowest BCUT2D eigenvalue weighted by molar-refractivity contribution is -0.140. The van der Waals surface area contributed by atoms with Gasteiger partial charge in [-0.05, 0) is 18.1 Å². The Bertz CT molecular complexity index is 477. The Morgan fingerprint density at radius 2 is 1.83 bits per heavy atom. The molecule has 0 aliphatic heterocycles. The molecule has 0 aromatic heterocycles. The van der Waals surface area contributed by atoms with Crippen LogP contribution in [0.25, 0.3) is 0 Å². The fraction of sp³-hybridized carbons (Fsp3) is 0.273. The maximum absolute atomic E-state index is 13.2. The molecule has 0 saturated heterocycles. The summed E-state index contributed by atoms with van der Waals surface area (Å²) in [6.07, 6.45) is -0.755. The van der Waals surface area contributed by atoms with Gasteiger partial charge in [0.05, 0.1) is 0 Å². The van der Waals surface area contributed by atoms with Gasteiger partial charge in [-0.25, -0.2) is 13.2 Å². The number of hydrogen-bond acceptors (Lipinski definition) is 2. The Balaban J connectivity index is 2.52. The molecule has 1 aromatic carbocycles. The van der Waals surface area contributed by atoms with Crippen molar-refractivity contribution in [1.29, 1.82) is 0 Å². The normalized spacial score (nSPS) is 10.2. The monoisotopic (exact) mass is 261 g/mol. The van der Waals surface area contributed by atoms with Gasteiger partial charge in [0.2, 0.25) is 5.91 Å². The van der Waals surface area contributed by atoms with Crippen LogP contribution in [0.4, 0.5) is 13.2 Å². The molecule has 0 atom stereocenters. The van der Waals surface area contributed by atoms with Gasteiger partial charge < -0.3 is 10.4 Å². The summed E-state index contributed by atoms with van der Waals surface area (Å²) in [6.45, 7) is -0.0614. The van der Waals surface area contributed by atoms with E-state index in [1.807, 2.05) is 0 Å². The minimum atomic E-state index is -1.57. The summed E-state index contributed by atoms with van der Waals surface area (Å²) in [6, 6.07) is 1.85. The van der Waals surface area contributed by atoms with Crippen LogP contribution in [-0.4, -0.2) is 23.5 Å². The molecule has 0 heterocycles. The maximum Gasteiger partial charge on any atom is 0.312 e. The molecule has 1 rings (SSSR count). The van der Waals surface area contributed by atoms with Crippen molar-refractivity contribution < 1.29 is 27.9 Å². The zero-order chi connectivity index (χ0) is 13.7. The number of amides is 1. The number of halogens is 3. The van der Waals surface area contributed by atoms with Crippen molar-refractivity contribution in [3.8, 4) is 0 Å². The first-order valence-electron chi connectivity index (χ1n) is 5.02. The topological polar surface area (TPSA) is 66.4 Å². The highest BCUT2D eigenvalue weighted by Crippen LogP contribution is 2.15. The van der Waals surface area contributed by atoms with E-state index in [9.17, 15) is 22.8 Å². The van der Waals surface area contributed by atoms with E-state index in [2.05, 4.69) is 5.32 Å². The van der Waals surface area contributed by atoms with E-state index >= 15 is 0 Å². The number of carboxylic acids is 1. The van der Waals surface area contributed by atoms with Gasteiger partial charge in [0.15, 0.2) is 17.5 Å². The number of aliphatic carboxylic acids is 1. The van der Waals surface area contributed by atoms with Gasteiger partial charge in [-0.15, -0.1) is 0 Å². The Morgan fingerprint density at radius 1 is 1.17 bits per heavy atom. The number of carbonyl (C=O) groups excluding carboxylic acids is 1. The van der Waals surface area contributed by atoms with Gasteiger partial charge >= 0.3 is 5.97 Å². The Hall–Kier alpha value is -2.05. The summed E-state index contributed by atoms with van der Waals surface area (Å²) in [4.78, 5) is 21.1. The summed E-state index contributed by atoms with van der Waals surface area (Å²) < 4.78 is 38.6. The second-order valence-corrected chi connectivity index (χ2v) is 3.50. The highest BCUT2D eigenvalue weighted by Gasteiger charge is 2.13. The molecule has 1 amide bonds. The lowest BCUT2D eigenvalue weighted by atomic mass is 10.1. The van der Waals surface area contributed by atoms with E-state index in [4.69, 9.17) is 5.11 Å². The molecule has 7 heteroatoms. The summed E-state index contributed by atoms with van der Waals surface area (Å²) in [5.74, 6) is -6.17. The van der Waals surface area contributed by atoms with Crippen molar-refractivity contribution >= 4 is 11.9 Å². The smallest absolute Gasteiger partial charge is 0.312 e. The molecule has 0 bridgehead atoms. The number of carbonyl (C=O) groups is 2. The number of nitrogens with one attached hydrogen (secondary N) is 1. The third kappa shape index (κ3) is 3.76. The largest absolute Gasteiger partial charge is 0.481 e. The van der Waals surface area contributed by atoms with Crippen molar-refractivity contribution in [3.63, 3.8) is 0 Å². The molecule has 18 heavy (non-hydrogen) atoms. The van der Waals surface area contributed by atoms with E-state index in [0.717, 1.165) is 12.1 Å². The highest BCUT2D eigenvalue weighted by molar-refractivity contribution is 5.93. The van der Waals surface area contributed by atoms with Gasteiger partial charge in [-0.1, -0.05) is 6.07 Å². The Labute approximate surface area is 100 Å². The quantitative estimate of drug-likeness (QED) is 0.619. The van der Waals surface area contributed by atoms with Gasteiger partial charge in [0, 0.05) is 6.54 Å². The fourth-order valence-electron chi connectivity index (χ4n) is 1.30. The molecule has 0 spiro atoms. The van der Waals surface area contributed by atoms with Crippen LogP contribution in [0.1, 0.15) is 12.0 Å². The Kier molecular flexibility index (Phi) is 4.70. The zero-order valence-electron chi connectivity index (χ0n) is 9.17. The SMILES string of the molecule is O=C(O)CC(=O)NCCc1ccc(F)c(F)c1F. The second-order valence-electron chi connectivity index (χ2n) is 3.50. The first-order chi connectivity index (χ1) is 8.41. The molecule has 0 radical (unpaired) electrons. The van der Waals surface area contributed by atoms with E-state index in [1.165, 1.54) is 0 Å². The summed E-state index contributed by atoms with van der Waals surface area (Å²) in [5.41, 5.74) is -0.0930. The lowest BCUT2D eigenvalue weighted by Crippen LogP contribution is -2.27. The van der Waals surface area contributed by atoms with Crippen LogP contribution >= 0.6 is 0 Å². The third-order valence-electron chi connectivity index (χ3n) is 2.14. The molecule has 0 unspecified atom stereocenters. The molecule has 4 nitrogen and oxygen atoms in total. The number of rotatable bonds is 5. The first-order valence-corrected chi connectivity index (χ1v) is 5.02. The molecule has 2 N–H and O–H groups in total. The molecule has 0 aliphatic rings. The van der Waals surface area contributed by atoms with Crippen LogP contribution < -0.4 is 5.32 Å². The zero-order valence-corrected chi connectivity index (χ0v) is 9.17.